The number of amides is 1. The molecule has 4 saturated heterocycles. The van der Waals surface area contributed by atoms with Crippen molar-refractivity contribution in [1.82, 2.24) is 4.90 Å². The fourth-order valence-electron chi connectivity index (χ4n) is 6.24. The first-order valence-electron chi connectivity index (χ1n) is 9.02. The first-order chi connectivity index (χ1) is 11.6. The number of allylic oxidation sites excluding steroid dienone is 1. The minimum atomic E-state index is -0.405. The van der Waals surface area contributed by atoms with Gasteiger partial charge in [-0.1, -0.05) is 29.8 Å². The lowest BCUT2D eigenvalue weighted by molar-refractivity contribution is -0.124. The van der Waals surface area contributed by atoms with Gasteiger partial charge in [-0.15, -0.1) is 0 Å². The molecule has 5 heterocycles. The highest BCUT2D eigenvalue weighted by Crippen LogP contribution is 2.61. The second-order valence-electron chi connectivity index (χ2n) is 7.86. The summed E-state index contributed by atoms with van der Waals surface area (Å²) in [4.78, 5) is 17.8. The monoisotopic (exact) mass is 324 g/mol. The van der Waals surface area contributed by atoms with Gasteiger partial charge in [0.15, 0.2) is 0 Å². The highest BCUT2D eigenvalue weighted by Gasteiger charge is 2.68. The number of hydrogen-bond acceptors (Lipinski definition) is 3. The molecule has 1 aromatic carbocycles. The molecule has 126 valence electrons. The summed E-state index contributed by atoms with van der Waals surface area (Å²) >= 11 is 0. The predicted molar refractivity (Wildman–Crippen MR) is 92.9 cm³/mol. The number of anilines is 1. The van der Waals surface area contributed by atoms with Crippen LogP contribution in [-0.2, 0) is 10.2 Å². The van der Waals surface area contributed by atoms with Gasteiger partial charge >= 0.3 is 0 Å². The van der Waals surface area contributed by atoms with E-state index in [0.29, 0.717) is 12.0 Å². The van der Waals surface area contributed by atoms with Gasteiger partial charge in [-0.05, 0) is 37.3 Å². The lowest BCUT2D eigenvalue weighted by Gasteiger charge is -2.52. The van der Waals surface area contributed by atoms with Gasteiger partial charge in [0.1, 0.15) is 0 Å². The molecule has 1 N–H and O–H groups in total. The second-order valence-corrected chi connectivity index (χ2v) is 7.86. The topological polar surface area (TPSA) is 43.8 Å². The van der Waals surface area contributed by atoms with Crippen molar-refractivity contribution < 1.29 is 9.90 Å². The highest BCUT2D eigenvalue weighted by atomic mass is 16.3. The van der Waals surface area contributed by atoms with Crippen molar-refractivity contribution in [2.75, 3.05) is 25.1 Å². The molecule has 1 unspecified atom stereocenters. The maximum absolute atomic E-state index is 13.4. The quantitative estimate of drug-likeness (QED) is 0.803. The average Bonchev–Trinajstić information content (AvgIpc) is 3.00. The van der Waals surface area contributed by atoms with E-state index in [9.17, 15) is 9.90 Å². The normalized spacial score (nSPS) is 44.0. The Kier molecular flexibility index (Phi) is 2.88. The molecule has 0 aromatic heterocycles. The summed E-state index contributed by atoms with van der Waals surface area (Å²) in [5.41, 5.74) is 3.32. The van der Waals surface area contributed by atoms with Gasteiger partial charge in [0.05, 0.1) is 5.41 Å². The minimum absolute atomic E-state index is 0.220. The minimum Gasteiger partial charge on any atom is -0.396 e. The molecular formula is C20H24N2O2. The van der Waals surface area contributed by atoms with Crippen LogP contribution in [-0.4, -0.2) is 48.2 Å². The van der Waals surface area contributed by atoms with Gasteiger partial charge in [-0.3, -0.25) is 9.69 Å². The van der Waals surface area contributed by atoms with E-state index in [2.05, 4.69) is 36.1 Å². The van der Waals surface area contributed by atoms with Crippen LogP contribution in [0.25, 0.3) is 0 Å². The van der Waals surface area contributed by atoms with E-state index in [0.717, 1.165) is 25.1 Å². The van der Waals surface area contributed by atoms with E-state index >= 15 is 0 Å². The van der Waals surface area contributed by atoms with Gasteiger partial charge in [0, 0.05) is 43.9 Å². The van der Waals surface area contributed by atoms with Crippen molar-refractivity contribution in [3.05, 3.63) is 41.5 Å². The third kappa shape index (κ3) is 1.46. The molecule has 1 amide bonds. The molecule has 1 spiro atoms. The van der Waals surface area contributed by atoms with Crippen LogP contribution >= 0.6 is 0 Å². The zero-order valence-electron chi connectivity index (χ0n) is 14.3. The summed E-state index contributed by atoms with van der Waals surface area (Å²) in [5, 5.41) is 10.0. The van der Waals surface area contributed by atoms with Gasteiger partial charge in [0.25, 0.3) is 0 Å². The summed E-state index contributed by atoms with van der Waals surface area (Å²) in [6.45, 7) is 3.29. The maximum Gasteiger partial charge on any atom is 0.239 e. The number of carbonyl (C=O) groups excluding carboxylic acids is 1. The Morgan fingerprint density at radius 2 is 2.17 bits per heavy atom. The number of rotatable bonds is 1. The van der Waals surface area contributed by atoms with Gasteiger partial charge in [-0.2, -0.15) is 0 Å². The number of benzene rings is 1. The number of aliphatic hydroxyl groups is 1. The van der Waals surface area contributed by atoms with Crippen LogP contribution in [0.1, 0.15) is 25.3 Å². The molecule has 0 radical (unpaired) electrons. The molecule has 4 fully saturated rings. The van der Waals surface area contributed by atoms with E-state index in [1.165, 1.54) is 11.1 Å². The Bertz CT molecular complexity index is 758. The molecule has 5 aliphatic rings. The van der Waals surface area contributed by atoms with Crippen LogP contribution in [0.2, 0.25) is 0 Å². The average molecular weight is 324 g/mol. The number of nitrogens with zero attached hydrogens (tertiary/aromatic N) is 2. The first-order valence-corrected chi connectivity index (χ1v) is 9.02. The number of para-hydroxylation sites is 1. The van der Waals surface area contributed by atoms with Crippen LogP contribution in [0.3, 0.4) is 0 Å². The number of carbonyl (C=O) groups is 1. The molecule has 6 atom stereocenters. The summed E-state index contributed by atoms with van der Waals surface area (Å²) in [5.74, 6) is 0.958. The van der Waals surface area contributed by atoms with E-state index < -0.39 is 5.41 Å². The summed E-state index contributed by atoms with van der Waals surface area (Å²) < 4.78 is 0. The summed E-state index contributed by atoms with van der Waals surface area (Å²) in [7, 11) is 1.91. The lowest BCUT2D eigenvalue weighted by atomic mass is 9.69. The number of likely N-dealkylation sites (N-methyl/N-ethyl adjacent to an activating group) is 1. The lowest BCUT2D eigenvalue weighted by Crippen LogP contribution is -2.59. The number of aliphatic hydroxyl groups excluding tert-OH is 1. The van der Waals surface area contributed by atoms with Crippen LogP contribution < -0.4 is 4.90 Å². The number of piperidine rings is 3. The van der Waals surface area contributed by atoms with Crippen molar-refractivity contribution in [3.63, 3.8) is 0 Å². The standard InChI is InChI=1S/C20H24N2O2/c1-3-12-10-22-17-9-20(18(22)8-13(12)14(17)11-23)15-6-4-5-7-16(15)21(2)19(20)24/h3-7,13-14,17-18,23H,8-11H2,1-2H3/t13-,14+,17+,18-,20-/m0/s1. The third-order valence-electron chi connectivity index (χ3n) is 7.27. The molecule has 0 aliphatic carbocycles. The third-order valence-corrected chi connectivity index (χ3v) is 7.27. The van der Waals surface area contributed by atoms with E-state index in [-0.39, 0.29) is 24.5 Å². The van der Waals surface area contributed by atoms with E-state index in [1.807, 2.05) is 18.0 Å². The van der Waals surface area contributed by atoms with Crippen molar-refractivity contribution in [2.24, 2.45) is 11.8 Å². The maximum atomic E-state index is 13.4. The van der Waals surface area contributed by atoms with Crippen LogP contribution in [0.15, 0.2) is 35.9 Å². The van der Waals surface area contributed by atoms with Crippen molar-refractivity contribution in [2.45, 2.75) is 37.3 Å². The van der Waals surface area contributed by atoms with E-state index in [1.54, 1.807) is 0 Å². The van der Waals surface area contributed by atoms with E-state index in [4.69, 9.17) is 0 Å². The largest absolute Gasteiger partial charge is 0.396 e. The fraction of sp³-hybridized carbons (Fsp3) is 0.550. The first kappa shape index (κ1) is 14.7. The van der Waals surface area contributed by atoms with Crippen LogP contribution in [0.4, 0.5) is 5.69 Å². The smallest absolute Gasteiger partial charge is 0.239 e. The zero-order valence-corrected chi connectivity index (χ0v) is 14.3. The van der Waals surface area contributed by atoms with Crippen molar-refractivity contribution in [3.8, 4) is 0 Å². The van der Waals surface area contributed by atoms with Crippen LogP contribution in [0, 0.1) is 11.8 Å². The van der Waals surface area contributed by atoms with Crippen molar-refractivity contribution >= 4 is 11.6 Å². The Labute approximate surface area is 142 Å². The van der Waals surface area contributed by atoms with Gasteiger partial charge in [-0.25, -0.2) is 0 Å². The number of fused-ring (bicyclic) bond motifs is 3. The Balaban J connectivity index is 1.68. The predicted octanol–water partition coefficient (Wildman–Crippen LogP) is 1.93. The number of hydrogen-bond donors (Lipinski definition) is 1. The molecule has 0 saturated carbocycles. The molecule has 1 aromatic rings. The molecular weight excluding hydrogens is 300 g/mol. The highest BCUT2D eigenvalue weighted by molar-refractivity contribution is 6.08. The SMILES string of the molecule is CC=C1CN2[C@@H]3C[C@@]4(C(=O)N(C)c5ccccc54)[C@@H]2C[C@@H]1[C@H]3CO. The van der Waals surface area contributed by atoms with Gasteiger partial charge < -0.3 is 10.0 Å². The molecule has 4 nitrogen and oxygen atoms in total. The molecule has 4 bridgehead atoms. The summed E-state index contributed by atoms with van der Waals surface area (Å²) in [6.07, 6.45) is 4.08. The Morgan fingerprint density at radius 3 is 2.92 bits per heavy atom. The Morgan fingerprint density at radius 1 is 1.38 bits per heavy atom. The second kappa shape index (κ2) is 4.70. The van der Waals surface area contributed by atoms with Crippen LogP contribution in [0.5, 0.6) is 0 Å². The zero-order chi connectivity index (χ0) is 16.6. The molecule has 6 rings (SSSR count). The van der Waals surface area contributed by atoms with Gasteiger partial charge in [0.2, 0.25) is 5.91 Å². The molecule has 24 heavy (non-hydrogen) atoms. The van der Waals surface area contributed by atoms with Crippen molar-refractivity contribution in [1.29, 1.82) is 0 Å². The molecule has 5 aliphatic heterocycles. The molecule has 4 heteroatoms. The fourth-order valence-corrected chi connectivity index (χ4v) is 6.24. The summed E-state index contributed by atoms with van der Waals surface area (Å²) in [6, 6.07) is 8.90. The Hall–Kier alpha value is -1.65.